The number of hydrogen-bond acceptors (Lipinski definition) is 4. The van der Waals surface area contributed by atoms with Crippen LogP contribution in [0.3, 0.4) is 0 Å². The molecule has 0 saturated carbocycles. The van der Waals surface area contributed by atoms with Crippen LogP contribution in [0.2, 0.25) is 0 Å². The lowest BCUT2D eigenvalue weighted by molar-refractivity contribution is 0.102. The third-order valence-electron chi connectivity index (χ3n) is 4.03. The lowest BCUT2D eigenvalue weighted by Crippen LogP contribution is -2.31. The molecule has 1 heterocycles. The van der Waals surface area contributed by atoms with E-state index in [-0.39, 0.29) is 11.9 Å². The highest BCUT2D eigenvalue weighted by Gasteiger charge is 2.16. The first kappa shape index (κ1) is 17.6. The van der Waals surface area contributed by atoms with Crippen molar-refractivity contribution in [2.45, 2.75) is 26.4 Å². The third-order valence-corrected chi connectivity index (χ3v) is 4.03. The van der Waals surface area contributed by atoms with E-state index in [9.17, 15) is 4.79 Å². The van der Waals surface area contributed by atoms with Crippen molar-refractivity contribution >= 4 is 17.4 Å². The van der Waals surface area contributed by atoms with E-state index in [1.165, 1.54) is 11.9 Å². The van der Waals surface area contributed by atoms with E-state index in [4.69, 9.17) is 0 Å². The predicted molar refractivity (Wildman–Crippen MR) is 104 cm³/mol. The maximum atomic E-state index is 12.5. The summed E-state index contributed by atoms with van der Waals surface area (Å²) in [5.41, 5.74) is 2.27. The molecular formula is C21H22N4O. The van der Waals surface area contributed by atoms with E-state index in [0.717, 1.165) is 18.1 Å². The van der Waals surface area contributed by atoms with Crippen LogP contribution in [0.5, 0.6) is 0 Å². The van der Waals surface area contributed by atoms with Crippen LogP contribution < -0.4 is 10.2 Å². The molecular weight excluding hydrogens is 324 g/mol. The average Bonchev–Trinajstić information content (AvgIpc) is 2.67. The molecule has 0 atom stereocenters. The Morgan fingerprint density at radius 3 is 2.31 bits per heavy atom. The molecule has 0 aliphatic carbocycles. The molecule has 0 unspecified atom stereocenters. The lowest BCUT2D eigenvalue weighted by Gasteiger charge is -2.28. The van der Waals surface area contributed by atoms with Crippen LogP contribution in [0, 0.1) is 0 Å². The van der Waals surface area contributed by atoms with Gasteiger partial charge in [-0.1, -0.05) is 48.5 Å². The number of aromatic nitrogens is 2. The molecule has 5 heteroatoms. The molecule has 1 amide bonds. The number of hydrogen-bond donors (Lipinski definition) is 1. The SMILES string of the molecule is CC(C)N(Cc1ccccc1)c1cc(C(=O)Nc2ccccc2)ncn1. The fourth-order valence-corrected chi connectivity index (χ4v) is 2.65. The highest BCUT2D eigenvalue weighted by Crippen LogP contribution is 2.18. The molecule has 0 aliphatic heterocycles. The van der Waals surface area contributed by atoms with Crippen molar-refractivity contribution in [2.75, 3.05) is 10.2 Å². The van der Waals surface area contributed by atoms with E-state index >= 15 is 0 Å². The maximum absolute atomic E-state index is 12.5. The van der Waals surface area contributed by atoms with Gasteiger partial charge < -0.3 is 10.2 Å². The predicted octanol–water partition coefficient (Wildman–Crippen LogP) is 4.14. The Hall–Kier alpha value is -3.21. The van der Waals surface area contributed by atoms with Gasteiger partial charge in [-0.15, -0.1) is 0 Å². The van der Waals surface area contributed by atoms with Gasteiger partial charge in [0.2, 0.25) is 0 Å². The van der Waals surface area contributed by atoms with Crippen LogP contribution in [0.4, 0.5) is 11.5 Å². The van der Waals surface area contributed by atoms with Gasteiger partial charge in [0.1, 0.15) is 17.8 Å². The summed E-state index contributed by atoms with van der Waals surface area (Å²) in [4.78, 5) is 23.2. The fourth-order valence-electron chi connectivity index (χ4n) is 2.65. The number of carbonyl (C=O) groups excluding carboxylic acids is 1. The van der Waals surface area contributed by atoms with Gasteiger partial charge in [-0.2, -0.15) is 0 Å². The monoisotopic (exact) mass is 346 g/mol. The Labute approximate surface area is 153 Å². The molecule has 132 valence electrons. The van der Waals surface area contributed by atoms with Crippen molar-refractivity contribution in [3.05, 3.63) is 84.3 Å². The van der Waals surface area contributed by atoms with E-state index in [1.54, 1.807) is 6.07 Å². The summed E-state index contributed by atoms with van der Waals surface area (Å²) in [5, 5.41) is 2.86. The maximum Gasteiger partial charge on any atom is 0.274 e. The minimum absolute atomic E-state index is 0.232. The Bertz CT molecular complexity index is 850. The number of benzene rings is 2. The molecule has 26 heavy (non-hydrogen) atoms. The molecule has 2 aromatic carbocycles. The zero-order valence-corrected chi connectivity index (χ0v) is 15.0. The first-order valence-electron chi connectivity index (χ1n) is 8.62. The van der Waals surface area contributed by atoms with Crippen LogP contribution in [-0.4, -0.2) is 21.9 Å². The number of rotatable bonds is 6. The van der Waals surface area contributed by atoms with E-state index < -0.39 is 0 Å². The topological polar surface area (TPSA) is 58.1 Å². The van der Waals surface area contributed by atoms with Gasteiger partial charge in [0.05, 0.1) is 0 Å². The van der Waals surface area contributed by atoms with Crippen molar-refractivity contribution in [3.63, 3.8) is 0 Å². The zero-order chi connectivity index (χ0) is 18.4. The van der Waals surface area contributed by atoms with Gasteiger partial charge in [0.15, 0.2) is 0 Å². The first-order chi connectivity index (χ1) is 12.6. The number of anilines is 2. The van der Waals surface area contributed by atoms with Gasteiger partial charge in [-0.3, -0.25) is 4.79 Å². The van der Waals surface area contributed by atoms with Crippen molar-refractivity contribution in [1.82, 2.24) is 9.97 Å². The standard InChI is InChI=1S/C21H22N4O/c1-16(2)25(14-17-9-5-3-6-10-17)20-13-19(22-15-23-20)21(26)24-18-11-7-4-8-12-18/h3-13,15-16H,14H2,1-2H3,(H,24,26). The molecule has 0 radical (unpaired) electrons. The molecule has 0 bridgehead atoms. The van der Waals surface area contributed by atoms with Crippen LogP contribution in [0.25, 0.3) is 0 Å². The van der Waals surface area contributed by atoms with Crippen LogP contribution >= 0.6 is 0 Å². The number of nitrogens with one attached hydrogen (secondary N) is 1. The highest BCUT2D eigenvalue weighted by atomic mass is 16.1. The van der Waals surface area contributed by atoms with Crippen molar-refractivity contribution in [2.24, 2.45) is 0 Å². The molecule has 5 nitrogen and oxygen atoms in total. The van der Waals surface area contributed by atoms with Gasteiger partial charge in [0, 0.05) is 24.3 Å². The summed E-state index contributed by atoms with van der Waals surface area (Å²) in [7, 11) is 0. The zero-order valence-electron chi connectivity index (χ0n) is 15.0. The van der Waals surface area contributed by atoms with Crippen LogP contribution in [0.1, 0.15) is 29.9 Å². The second-order valence-electron chi connectivity index (χ2n) is 6.29. The molecule has 3 rings (SSSR count). The number of carbonyl (C=O) groups is 1. The van der Waals surface area contributed by atoms with Gasteiger partial charge in [-0.05, 0) is 31.5 Å². The Morgan fingerprint density at radius 1 is 1.00 bits per heavy atom. The second-order valence-corrected chi connectivity index (χ2v) is 6.29. The molecule has 3 aromatic rings. The van der Waals surface area contributed by atoms with E-state index in [2.05, 4.69) is 46.2 Å². The molecule has 1 N–H and O–H groups in total. The number of para-hydroxylation sites is 1. The molecule has 0 fully saturated rings. The first-order valence-corrected chi connectivity index (χ1v) is 8.62. The summed E-state index contributed by atoms with van der Waals surface area (Å²) < 4.78 is 0. The normalized spacial score (nSPS) is 10.6. The molecule has 0 saturated heterocycles. The van der Waals surface area contributed by atoms with Crippen LogP contribution in [-0.2, 0) is 6.54 Å². The van der Waals surface area contributed by atoms with Gasteiger partial charge in [-0.25, -0.2) is 9.97 Å². The van der Waals surface area contributed by atoms with Crippen molar-refractivity contribution in [3.8, 4) is 0 Å². The summed E-state index contributed by atoms with van der Waals surface area (Å²) in [5.74, 6) is 0.486. The van der Waals surface area contributed by atoms with Crippen molar-refractivity contribution < 1.29 is 4.79 Å². The molecule has 0 aliphatic rings. The smallest absolute Gasteiger partial charge is 0.274 e. The number of amides is 1. The Morgan fingerprint density at radius 2 is 1.65 bits per heavy atom. The van der Waals surface area contributed by atoms with Gasteiger partial charge >= 0.3 is 0 Å². The Kier molecular flexibility index (Phi) is 5.59. The second kappa shape index (κ2) is 8.25. The minimum Gasteiger partial charge on any atom is -0.350 e. The highest BCUT2D eigenvalue weighted by molar-refractivity contribution is 6.03. The van der Waals surface area contributed by atoms with E-state index in [1.807, 2.05) is 48.5 Å². The van der Waals surface area contributed by atoms with Crippen LogP contribution in [0.15, 0.2) is 73.1 Å². The summed E-state index contributed by atoms with van der Waals surface area (Å²) in [6, 6.07) is 21.5. The third kappa shape index (κ3) is 4.45. The summed E-state index contributed by atoms with van der Waals surface area (Å²) in [6.45, 7) is 4.93. The molecule has 1 aromatic heterocycles. The molecule has 0 spiro atoms. The number of nitrogens with zero attached hydrogens (tertiary/aromatic N) is 3. The largest absolute Gasteiger partial charge is 0.350 e. The average molecular weight is 346 g/mol. The Balaban J connectivity index is 1.81. The van der Waals surface area contributed by atoms with Crippen molar-refractivity contribution in [1.29, 1.82) is 0 Å². The van der Waals surface area contributed by atoms with E-state index in [0.29, 0.717) is 5.69 Å². The minimum atomic E-state index is -0.247. The summed E-state index contributed by atoms with van der Waals surface area (Å²) >= 11 is 0. The quantitative estimate of drug-likeness (QED) is 0.729. The summed E-state index contributed by atoms with van der Waals surface area (Å²) in [6.07, 6.45) is 1.44. The fraction of sp³-hybridized carbons (Fsp3) is 0.190. The van der Waals surface area contributed by atoms with Gasteiger partial charge in [0.25, 0.3) is 5.91 Å². The lowest BCUT2D eigenvalue weighted by atomic mass is 10.2.